The molecule has 0 aliphatic carbocycles. The van der Waals surface area contributed by atoms with E-state index in [-0.39, 0.29) is 22.5 Å². The highest BCUT2D eigenvalue weighted by Gasteiger charge is 2.38. The minimum absolute atomic E-state index is 0.215. The summed E-state index contributed by atoms with van der Waals surface area (Å²) in [6.45, 7) is 1.95. The van der Waals surface area contributed by atoms with Gasteiger partial charge in [-0.2, -0.15) is 0 Å². The molecule has 1 fully saturated rings. The standard InChI is InChI=1S/C10H10N2O2S3/c1-5-4-16-9(17-5)6-7(13)11(2)10(15)12(3)8(6)14/h4H,1-3H3. The van der Waals surface area contributed by atoms with E-state index in [1.807, 2.05) is 12.3 Å². The Hall–Kier alpha value is -0.790. The highest BCUT2D eigenvalue weighted by atomic mass is 32.2. The second-order valence-corrected chi connectivity index (χ2v) is 6.38. The topological polar surface area (TPSA) is 40.6 Å². The van der Waals surface area contributed by atoms with E-state index in [1.54, 1.807) is 14.1 Å². The van der Waals surface area contributed by atoms with Crippen molar-refractivity contribution in [1.29, 1.82) is 0 Å². The van der Waals surface area contributed by atoms with Gasteiger partial charge < -0.3 is 0 Å². The maximum absolute atomic E-state index is 12.1. The SMILES string of the molecule is CC1=CSC(=C2C(=O)N(C)C(=S)N(C)C2=O)S1. The van der Waals surface area contributed by atoms with Gasteiger partial charge in [0.25, 0.3) is 11.8 Å². The molecule has 7 heteroatoms. The van der Waals surface area contributed by atoms with Crippen molar-refractivity contribution >= 4 is 52.7 Å². The Morgan fingerprint density at radius 2 is 1.71 bits per heavy atom. The lowest BCUT2D eigenvalue weighted by Gasteiger charge is -2.32. The molecular formula is C10H10N2O2S3. The number of hydrogen-bond donors (Lipinski definition) is 0. The van der Waals surface area contributed by atoms with E-state index < -0.39 is 0 Å². The third kappa shape index (κ3) is 2.02. The van der Waals surface area contributed by atoms with Crippen LogP contribution in [0.25, 0.3) is 0 Å². The second-order valence-electron chi connectivity index (χ2n) is 3.62. The Kier molecular flexibility index (Phi) is 3.33. The fraction of sp³-hybridized carbons (Fsp3) is 0.300. The molecule has 0 N–H and O–H groups in total. The zero-order chi connectivity index (χ0) is 12.7. The minimum Gasteiger partial charge on any atom is -0.288 e. The smallest absolute Gasteiger partial charge is 0.267 e. The Bertz CT molecular complexity index is 470. The van der Waals surface area contributed by atoms with E-state index in [0.29, 0.717) is 0 Å². The quantitative estimate of drug-likeness (QED) is 0.385. The van der Waals surface area contributed by atoms with E-state index in [9.17, 15) is 9.59 Å². The molecule has 2 aliphatic rings. The second kappa shape index (κ2) is 4.47. The van der Waals surface area contributed by atoms with Crippen LogP contribution >= 0.6 is 35.7 Å². The molecule has 2 amide bonds. The van der Waals surface area contributed by atoms with Crippen molar-refractivity contribution in [2.45, 2.75) is 6.92 Å². The van der Waals surface area contributed by atoms with Gasteiger partial charge in [-0.15, -0.1) is 0 Å². The van der Waals surface area contributed by atoms with Gasteiger partial charge in [0.1, 0.15) is 5.57 Å². The minimum atomic E-state index is -0.323. The van der Waals surface area contributed by atoms with Crippen LogP contribution in [0.2, 0.25) is 0 Å². The Morgan fingerprint density at radius 1 is 1.18 bits per heavy atom. The van der Waals surface area contributed by atoms with Crippen molar-refractivity contribution in [3.63, 3.8) is 0 Å². The van der Waals surface area contributed by atoms with Gasteiger partial charge in [0.15, 0.2) is 5.11 Å². The fourth-order valence-electron chi connectivity index (χ4n) is 1.44. The average Bonchev–Trinajstić information content (AvgIpc) is 2.71. The largest absolute Gasteiger partial charge is 0.288 e. The van der Waals surface area contributed by atoms with Gasteiger partial charge in [0.05, 0.1) is 4.24 Å². The van der Waals surface area contributed by atoms with Gasteiger partial charge in [0, 0.05) is 14.1 Å². The fourth-order valence-corrected chi connectivity index (χ4v) is 3.81. The number of nitrogens with zero attached hydrogens (tertiary/aromatic N) is 2. The lowest BCUT2D eigenvalue weighted by molar-refractivity contribution is -0.132. The molecule has 2 rings (SSSR count). The summed E-state index contributed by atoms with van der Waals surface area (Å²) in [5.74, 6) is -0.646. The van der Waals surface area contributed by atoms with Crippen LogP contribution in [0.5, 0.6) is 0 Å². The Labute approximate surface area is 113 Å². The average molecular weight is 286 g/mol. The first-order chi connectivity index (χ1) is 7.93. The molecule has 0 saturated carbocycles. The van der Waals surface area contributed by atoms with Gasteiger partial charge in [-0.05, 0) is 29.5 Å². The maximum atomic E-state index is 12.1. The van der Waals surface area contributed by atoms with Crippen LogP contribution in [0.1, 0.15) is 6.92 Å². The molecule has 0 spiro atoms. The van der Waals surface area contributed by atoms with Gasteiger partial charge in [-0.1, -0.05) is 23.5 Å². The van der Waals surface area contributed by atoms with E-state index in [4.69, 9.17) is 12.2 Å². The summed E-state index contributed by atoms with van der Waals surface area (Å²) in [6.07, 6.45) is 0. The first-order valence-electron chi connectivity index (χ1n) is 4.79. The summed E-state index contributed by atoms with van der Waals surface area (Å²) in [4.78, 5) is 27.9. The van der Waals surface area contributed by atoms with Crippen LogP contribution in [-0.4, -0.2) is 40.8 Å². The van der Waals surface area contributed by atoms with E-state index in [0.717, 1.165) is 9.14 Å². The third-order valence-corrected chi connectivity index (χ3v) is 5.36. The van der Waals surface area contributed by atoms with E-state index in [2.05, 4.69) is 0 Å². The summed E-state index contributed by atoms with van der Waals surface area (Å²) in [5.41, 5.74) is 0.215. The normalized spacial score (nSPS) is 21.6. The van der Waals surface area contributed by atoms with Crippen LogP contribution < -0.4 is 0 Å². The molecule has 2 aliphatic heterocycles. The van der Waals surface area contributed by atoms with Crippen LogP contribution in [0.15, 0.2) is 20.1 Å². The molecule has 0 unspecified atom stereocenters. The van der Waals surface area contributed by atoms with Gasteiger partial charge in [0.2, 0.25) is 0 Å². The first-order valence-corrected chi connectivity index (χ1v) is 6.89. The van der Waals surface area contributed by atoms with Gasteiger partial charge in [-0.3, -0.25) is 19.4 Å². The number of carbonyl (C=O) groups excluding carboxylic acids is 2. The molecule has 0 atom stereocenters. The van der Waals surface area contributed by atoms with Crippen molar-refractivity contribution in [3.05, 3.63) is 20.1 Å². The maximum Gasteiger partial charge on any atom is 0.267 e. The number of amides is 2. The zero-order valence-corrected chi connectivity index (χ0v) is 12.0. The Morgan fingerprint density at radius 3 is 2.12 bits per heavy atom. The molecule has 4 nitrogen and oxygen atoms in total. The Balaban J connectivity index is 2.44. The number of allylic oxidation sites excluding steroid dienone is 1. The van der Waals surface area contributed by atoms with Gasteiger partial charge in [-0.25, -0.2) is 0 Å². The van der Waals surface area contributed by atoms with Crippen LogP contribution in [-0.2, 0) is 9.59 Å². The number of thioether (sulfide) groups is 2. The van der Waals surface area contributed by atoms with Crippen LogP contribution in [0, 0.1) is 0 Å². The summed E-state index contributed by atoms with van der Waals surface area (Å²) in [7, 11) is 3.16. The monoisotopic (exact) mass is 286 g/mol. The molecule has 0 aromatic heterocycles. The summed E-state index contributed by atoms with van der Waals surface area (Å²) < 4.78 is 0.735. The third-order valence-electron chi connectivity index (χ3n) is 2.40. The molecular weight excluding hydrogens is 276 g/mol. The molecule has 0 bridgehead atoms. The molecule has 0 aromatic carbocycles. The predicted octanol–water partition coefficient (Wildman–Crippen LogP) is 1.75. The van der Waals surface area contributed by atoms with Crippen LogP contribution in [0.4, 0.5) is 0 Å². The molecule has 17 heavy (non-hydrogen) atoms. The summed E-state index contributed by atoms with van der Waals surface area (Å²) >= 11 is 7.88. The highest BCUT2D eigenvalue weighted by Crippen LogP contribution is 2.46. The van der Waals surface area contributed by atoms with Crippen molar-refractivity contribution in [3.8, 4) is 0 Å². The number of hydrogen-bond acceptors (Lipinski definition) is 5. The van der Waals surface area contributed by atoms with Gasteiger partial charge >= 0.3 is 0 Å². The number of thiocarbonyl (C=S) groups is 1. The van der Waals surface area contributed by atoms with Crippen molar-refractivity contribution in [1.82, 2.24) is 9.80 Å². The van der Waals surface area contributed by atoms with Crippen molar-refractivity contribution in [2.75, 3.05) is 14.1 Å². The van der Waals surface area contributed by atoms with Crippen molar-refractivity contribution < 1.29 is 9.59 Å². The number of likely N-dealkylation sites (N-methyl/N-ethyl adjacent to an activating group) is 2. The lowest BCUT2D eigenvalue weighted by atomic mass is 10.2. The lowest BCUT2D eigenvalue weighted by Crippen LogP contribution is -2.53. The number of carbonyl (C=O) groups is 2. The zero-order valence-electron chi connectivity index (χ0n) is 9.51. The van der Waals surface area contributed by atoms with Crippen LogP contribution in [0.3, 0.4) is 0 Å². The van der Waals surface area contributed by atoms with E-state index in [1.165, 1.54) is 33.3 Å². The van der Waals surface area contributed by atoms with Crippen molar-refractivity contribution in [2.24, 2.45) is 0 Å². The molecule has 2 heterocycles. The first kappa shape index (κ1) is 12.7. The molecule has 0 radical (unpaired) electrons. The predicted molar refractivity (Wildman–Crippen MR) is 74.1 cm³/mol. The highest BCUT2D eigenvalue weighted by molar-refractivity contribution is 8.28. The summed E-state index contributed by atoms with van der Waals surface area (Å²) in [6, 6.07) is 0. The van der Waals surface area contributed by atoms with E-state index >= 15 is 0 Å². The number of rotatable bonds is 0. The molecule has 90 valence electrons. The molecule has 1 saturated heterocycles. The molecule has 0 aromatic rings. The summed E-state index contributed by atoms with van der Waals surface area (Å²) in [5, 5.41) is 2.17.